The number of para-hydroxylation sites is 1. The number of carbonyl (C=O) groups is 1. The van der Waals surface area contributed by atoms with E-state index in [1.54, 1.807) is 19.2 Å². The number of carbonyl (C=O) groups excluding carboxylic acids is 1. The van der Waals surface area contributed by atoms with Crippen LogP contribution in [0.2, 0.25) is 0 Å². The van der Waals surface area contributed by atoms with Crippen LogP contribution < -0.4 is 14.8 Å². The molecular weight excluding hydrogens is 328 g/mol. The van der Waals surface area contributed by atoms with Crippen LogP contribution in [-0.2, 0) is 11.3 Å². The van der Waals surface area contributed by atoms with Crippen molar-refractivity contribution in [1.82, 2.24) is 5.32 Å². The molecule has 1 aliphatic rings. The van der Waals surface area contributed by atoms with E-state index in [-0.39, 0.29) is 23.5 Å². The van der Waals surface area contributed by atoms with Crippen molar-refractivity contribution in [2.75, 3.05) is 7.11 Å². The van der Waals surface area contributed by atoms with Gasteiger partial charge >= 0.3 is 6.61 Å². The van der Waals surface area contributed by atoms with Crippen molar-refractivity contribution in [3.05, 3.63) is 59.7 Å². The number of benzene rings is 2. The number of methoxy groups -OCH3 is 1. The molecule has 3 rings (SSSR count). The van der Waals surface area contributed by atoms with Crippen LogP contribution in [-0.4, -0.2) is 19.6 Å². The lowest BCUT2D eigenvalue weighted by atomic mass is 10.1. The number of ether oxygens (including phenoxy) is 2. The van der Waals surface area contributed by atoms with Crippen molar-refractivity contribution in [3.8, 4) is 11.5 Å². The maximum absolute atomic E-state index is 12.3. The highest BCUT2D eigenvalue weighted by atomic mass is 19.3. The van der Waals surface area contributed by atoms with E-state index in [4.69, 9.17) is 4.74 Å². The van der Waals surface area contributed by atoms with Gasteiger partial charge in [0.15, 0.2) is 0 Å². The summed E-state index contributed by atoms with van der Waals surface area (Å²) < 4.78 is 33.9. The van der Waals surface area contributed by atoms with Crippen molar-refractivity contribution >= 4 is 5.91 Å². The van der Waals surface area contributed by atoms with Crippen LogP contribution in [0.4, 0.5) is 8.78 Å². The minimum absolute atomic E-state index is 0.0104. The highest BCUT2D eigenvalue weighted by molar-refractivity contribution is 5.83. The van der Waals surface area contributed by atoms with Gasteiger partial charge in [0.2, 0.25) is 5.91 Å². The first-order valence-corrected chi connectivity index (χ1v) is 8.03. The zero-order valence-electron chi connectivity index (χ0n) is 13.7. The average Bonchev–Trinajstić information content (AvgIpc) is 3.41. The van der Waals surface area contributed by atoms with Crippen molar-refractivity contribution in [1.29, 1.82) is 0 Å². The Balaban J connectivity index is 1.52. The molecular formula is C19H19F2NO3. The normalized spacial score (nSPS) is 18.7. The summed E-state index contributed by atoms with van der Waals surface area (Å²) >= 11 is 0. The molecule has 25 heavy (non-hydrogen) atoms. The Labute approximate surface area is 144 Å². The monoisotopic (exact) mass is 347 g/mol. The van der Waals surface area contributed by atoms with Crippen LogP contribution in [0.5, 0.6) is 11.5 Å². The van der Waals surface area contributed by atoms with Gasteiger partial charge in [0.25, 0.3) is 0 Å². The smallest absolute Gasteiger partial charge is 0.387 e. The van der Waals surface area contributed by atoms with Gasteiger partial charge in [0.1, 0.15) is 11.5 Å². The summed E-state index contributed by atoms with van der Waals surface area (Å²) in [5.74, 6) is 1.01. The average molecular weight is 347 g/mol. The molecule has 0 aromatic heterocycles. The zero-order valence-corrected chi connectivity index (χ0v) is 13.7. The highest BCUT2D eigenvalue weighted by Crippen LogP contribution is 2.50. The summed E-state index contributed by atoms with van der Waals surface area (Å²) in [6.07, 6.45) is 0.799. The molecule has 1 fully saturated rings. The van der Waals surface area contributed by atoms with E-state index < -0.39 is 6.61 Å². The molecule has 2 aromatic rings. The topological polar surface area (TPSA) is 47.6 Å². The minimum Gasteiger partial charge on any atom is -0.496 e. The zero-order chi connectivity index (χ0) is 17.8. The Morgan fingerprint density at radius 1 is 1.20 bits per heavy atom. The van der Waals surface area contributed by atoms with Gasteiger partial charge in [-0.2, -0.15) is 8.78 Å². The predicted octanol–water partition coefficient (Wildman–Crippen LogP) is 3.72. The van der Waals surface area contributed by atoms with Crippen LogP contribution in [0.3, 0.4) is 0 Å². The van der Waals surface area contributed by atoms with Crippen molar-refractivity contribution in [3.63, 3.8) is 0 Å². The summed E-state index contributed by atoms with van der Waals surface area (Å²) in [4.78, 5) is 12.3. The second-order valence-electron chi connectivity index (χ2n) is 5.93. The van der Waals surface area contributed by atoms with Crippen LogP contribution in [0.1, 0.15) is 23.5 Å². The van der Waals surface area contributed by atoms with Crippen LogP contribution in [0.25, 0.3) is 0 Å². The molecule has 0 spiro atoms. The molecule has 1 N–H and O–H groups in total. The Bertz CT molecular complexity index is 734. The van der Waals surface area contributed by atoms with Gasteiger partial charge in [0, 0.05) is 12.5 Å². The Morgan fingerprint density at radius 2 is 1.92 bits per heavy atom. The fourth-order valence-electron chi connectivity index (χ4n) is 2.91. The molecule has 4 nitrogen and oxygen atoms in total. The fraction of sp³-hybridized carbons (Fsp3) is 0.316. The Kier molecular flexibility index (Phi) is 5.16. The van der Waals surface area contributed by atoms with E-state index in [2.05, 4.69) is 10.1 Å². The molecule has 132 valence electrons. The van der Waals surface area contributed by atoms with Gasteiger partial charge in [-0.25, -0.2) is 0 Å². The minimum atomic E-state index is -2.84. The van der Waals surface area contributed by atoms with E-state index in [1.807, 2.05) is 24.3 Å². The van der Waals surface area contributed by atoms with Crippen molar-refractivity contribution < 1.29 is 23.0 Å². The molecule has 2 unspecified atom stereocenters. The summed E-state index contributed by atoms with van der Waals surface area (Å²) in [6, 6.07) is 14.0. The molecule has 0 radical (unpaired) electrons. The summed E-state index contributed by atoms with van der Waals surface area (Å²) in [5.41, 5.74) is 1.88. The van der Waals surface area contributed by atoms with E-state index in [9.17, 15) is 13.6 Å². The van der Waals surface area contributed by atoms with Crippen molar-refractivity contribution in [2.24, 2.45) is 5.92 Å². The van der Waals surface area contributed by atoms with E-state index in [0.717, 1.165) is 23.3 Å². The van der Waals surface area contributed by atoms with Gasteiger partial charge in [0.05, 0.1) is 7.11 Å². The second-order valence-corrected chi connectivity index (χ2v) is 5.93. The van der Waals surface area contributed by atoms with E-state index in [1.165, 1.54) is 12.1 Å². The lowest BCUT2D eigenvalue weighted by Gasteiger charge is -2.09. The lowest BCUT2D eigenvalue weighted by Crippen LogP contribution is -2.24. The largest absolute Gasteiger partial charge is 0.496 e. The first-order valence-electron chi connectivity index (χ1n) is 8.03. The molecule has 1 amide bonds. The standard InChI is InChI=1S/C19H19F2NO3/c1-24-17-5-3-2-4-14(17)15-10-16(15)18(23)22-11-12-6-8-13(9-7-12)25-19(20)21/h2-9,15-16,19H,10-11H2,1H3,(H,22,23). The van der Waals surface area contributed by atoms with Crippen LogP contribution >= 0.6 is 0 Å². The molecule has 0 bridgehead atoms. The third-order valence-electron chi connectivity index (χ3n) is 4.28. The van der Waals surface area contributed by atoms with E-state index in [0.29, 0.717) is 6.54 Å². The fourth-order valence-corrected chi connectivity index (χ4v) is 2.91. The Morgan fingerprint density at radius 3 is 2.60 bits per heavy atom. The number of nitrogens with one attached hydrogen (secondary N) is 1. The Hall–Kier alpha value is -2.63. The molecule has 2 atom stereocenters. The molecule has 0 heterocycles. The number of hydrogen-bond acceptors (Lipinski definition) is 3. The summed E-state index contributed by atoms with van der Waals surface area (Å²) in [5, 5.41) is 2.89. The molecule has 0 saturated heterocycles. The van der Waals surface area contributed by atoms with Gasteiger partial charge in [-0.1, -0.05) is 30.3 Å². The first kappa shape index (κ1) is 17.2. The summed E-state index contributed by atoms with van der Waals surface area (Å²) in [6.45, 7) is -2.49. The van der Waals surface area contributed by atoms with E-state index >= 15 is 0 Å². The molecule has 6 heteroatoms. The number of halogens is 2. The maximum atomic E-state index is 12.3. The number of rotatable bonds is 7. The third kappa shape index (κ3) is 4.26. The number of amides is 1. The molecule has 1 aliphatic carbocycles. The van der Waals surface area contributed by atoms with Crippen LogP contribution in [0, 0.1) is 5.92 Å². The van der Waals surface area contributed by atoms with Gasteiger partial charge in [-0.05, 0) is 41.7 Å². The number of hydrogen-bond donors (Lipinski definition) is 1. The molecule has 0 aliphatic heterocycles. The molecule has 1 saturated carbocycles. The molecule has 2 aromatic carbocycles. The van der Waals surface area contributed by atoms with Crippen molar-refractivity contribution in [2.45, 2.75) is 25.5 Å². The highest BCUT2D eigenvalue weighted by Gasteiger charge is 2.45. The van der Waals surface area contributed by atoms with Crippen LogP contribution in [0.15, 0.2) is 48.5 Å². The SMILES string of the molecule is COc1ccccc1C1CC1C(=O)NCc1ccc(OC(F)F)cc1. The third-order valence-corrected chi connectivity index (χ3v) is 4.28. The van der Waals surface area contributed by atoms with Gasteiger partial charge in [-0.15, -0.1) is 0 Å². The predicted molar refractivity (Wildman–Crippen MR) is 88.8 cm³/mol. The summed E-state index contributed by atoms with van der Waals surface area (Å²) in [7, 11) is 1.62. The first-order chi connectivity index (χ1) is 12.1. The maximum Gasteiger partial charge on any atom is 0.387 e. The quantitative estimate of drug-likeness (QED) is 0.830. The van der Waals surface area contributed by atoms with Gasteiger partial charge < -0.3 is 14.8 Å². The number of alkyl halides is 2. The second kappa shape index (κ2) is 7.51. The lowest BCUT2D eigenvalue weighted by molar-refractivity contribution is -0.122. The van der Waals surface area contributed by atoms with Gasteiger partial charge in [-0.3, -0.25) is 4.79 Å².